The number of anilines is 1. The lowest BCUT2D eigenvalue weighted by atomic mass is 10.1. The Morgan fingerprint density at radius 2 is 2.06 bits per heavy atom. The zero-order valence-corrected chi connectivity index (χ0v) is 9.87. The molecule has 0 aliphatic rings. The number of halogens is 1. The molecule has 0 spiro atoms. The molecule has 1 aromatic rings. The fourth-order valence-electron chi connectivity index (χ4n) is 1.19. The van der Waals surface area contributed by atoms with Gasteiger partial charge in [0.15, 0.2) is 5.82 Å². The first-order chi connectivity index (χ1) is 7.76. The van der Waals surface area contributed by atoms with E-state index in [9.17, 15) is 9.18 Å². The van der Waals surface area contributed by atoms with Gasteiger partial charge in [0.2, 0.25) is 0 Å². The fourth-order valence-corrected chi connectivity index (χ4v) is 1.19. The Hall–Kier alpha value is -2.09. The predicted octanol–water partition coefficient (Wildman–Crippen LogP) is 2.23. The number of carbonyl (C=O) groups is 1. The molecule has 0 bridgehead atoms. The first-order valence-corrected chi connectivity index (χ1v) is 4.97. The van der Waals surface area contributed by atoms with Crippen LogP contribution in [0.1, 0.15) is 36.7 Å². The molecule has 0 fully saturated rings. The number of hydrogen-bond acceptors (Lipinski definition) is 4. The van der Waals surface area contributed by atoms with Crippen LogP contribution in [0.5, 0.6) is 0 Å². The molecule has 0 saturated carbocycles. The number of nitrogens with zero attached hydrogens (tertiary/aromatic N) is 1. The van der Waals surface area contributed by atoms with Gasteiger partial charge in [-0.3, -0.25) is 0 Å². The normalized spacial score (nSPS) is 10.8. The molecule has 1 aromatic carbocycles. The summed E-state index contributed by atoms with van der Waals surface area (Å²) in [6.45, 7) is 5.09. The Morgan fingerprint density at radius 3 is 2.53 bits per heavy atom. The van der Waals surface area contributed by atoms with Gasteiger partial charge in [-0.15, -0.1) is 0 Å². The fraction of sp³-hybridized carbons (Fsp3) is 0.333. The van der Waals surface area contributed by atoms with Crippen molar-refractivity contribution in [3.05, 3.63) is 29.1 Å². The second kappa shape index (κ2) is 4.42. The van der Waals surface area contributed by atoms with E-state index in [1.807, 2.05) is 0 Å². The molecule has 0 amide bonds. The molecule has 0 aliphatic heterocycles. The summed E-state index contributed by atoms with van der Waals surface area (Å²) in [5, 5.41) is 8.60. The molecule has 4 nitrogen and oxygen atoms in total. The van der Waals surface area contributed by atoms with E-state index in [4.69, 9.17) is 15.7 Å². The van der Waals surface area contributed by atoms with Crippen molar-refractivity contribution >= 4 is 11.7 Å². The molecule has 2 N–H and O–H groups in total. The Kier molecular flexibility index (Phi) is 3.37. The maximum atomic E-state index is 13.5. The standard InChI is InChI=1S/C12H13FN2O2/c1-12(2,3)17-11(16)8-5-4-7(6-14)9(13)10(8)15/h4-5H,15H2,1-3H3. The Bertz CT molecular complexity index is 498. The smallest absolute Gasteiger partial charge is 0.340 e. The summed E-state index contributed by atoms with van der Waals surface area (Å²) in [4.78, 5) is 11.7. The summed E-state index contributed by atoms with van der Waals surface area (Å²) in [5.74, 6) is -1.60. The average molecular weight is 236 g/mol. The van der Waals surface area contributed by atoms with Crippen molar-refractivity contribution in [2.45, 2.75) is 26.4 Å². The van der Waals surface area contributed by atoms with Crippen molar-refractivity contribution in [2.24, 2.45) is 0 Å². The van der Waals surface area contributed by atoms with Crippen molar-refractivity contribution in [1.82, 2.24) is 0 Å². The molecule has 0 unspecified atom stereocenters. The minimum Gasteiger partial charge on any atom is -0.456 e. The molecule has 1 rings (SSSR count). The highest BCUT2D eigenvalue weighted by Gasteiger charge is 2.22. The minimum absolute atomic E-state index is 0.0728. The zero-order valence-electron chi connectivity index (χ0n) is 9.87. The van der Waals surface area contributed by atoms with Crippen LogP contribution < -0.4 is 5.73 Å². The van der Waals surface area contributed by atoms with E-state index < -0.39 is 17.4 Å². The number of nitriles is 1. The zero-order chi connectivity index (χ0) is 13.2. The highest BCUT2D eigenvalue weighted by atomic mass is 19.1. The molecule has 0 radical (unpaired) electrons. The number of carbonyl (C=O) groups excluding carboxylic acids is 1. The molecule has 0 aliphatic carbocycles. The van der Waals surface area contributed by atoms with Gasteiger partial charge in [-0.1, -0.05) is 0 Å². The van der Waals surface area contributed by atoms with E-state index in [-0.39, 0.29) is 16.8 Å². The topological polar surface area (TPSA) is 76.1 Å². The number of esters is 1. The van der Waals surface area contributed by atoms with Crippen molar-refractivity contribution in [3.8, 4) is 6.07 Å². The van der Waals surface area contributed by atoms with Crippen LogP contribution in [0.25, 0.3) is 0 Å². The summed E-state index contributed by atoms with van der Waals surface area (Å²) < 4.78 is 18.6. The summed E-state index contributed by atoms with van der Waals surface area (Å²) in [6, 6.07) is 4.13. The lowest BCUT2D eigenvalue weighted by Crippen LogP contribution is -2.24. The van der Waals surface area contributed by atoms with Gasteiger partial charge in [0.05, 0.1) is 16.8 Å². The average Bonchev–Trinajstić information content (AvgIpc) is 2.19. The van der Waals surface area contributed by atoms with Crippen LogP contribution in [0.3, 0.4) is 0 Å². The third kappa shape index (κ3) is 2.94. The van der Waals surface area contributed by atoms with E-state index in [0.29, 0.717) is 0 Å². The molecular formula is C12H13FN2O2. The SMILES string of the molecule is CC(C)(C)OC(=O)c1ccc(C#N)c(F)c1N. The van der Waals surface area contributed by atoms with Gasteiger partial charge in [-0.2, -0.15) is 5.26 Å². The van der Waals surface area contributed by atoms with Crippen LogP contribution in [0, 0.1) is 17.1 Å². The van der Waals surface area contributed by atoms with Crippen molar-refractivity contribution in [3.63, 3.8) is 0 Å². The van der Waals surface area contributed by atoms with Gasteiger partial charge in [0.1, 0.15) is 11.7 Å². The van der Waals surface area contributed by atoms with E-state index in [0.717, 1.165) is 0 Å². The first-order valence-electron chi connectivity index (χ1n) is 4.97. The molecule has 0 saturated heterocycles. The molecule has 5 heteroatoms. The third-order valence-electron chi connectivity index (χ3n) is 1.92. The van der Waals surface area contributed by atoms with Gasteiger partial charge in [-0.05, 0) is 32.9 Å². The van der Waals surface area contributed by atoms with Gasteiger partial charge < -0.3 is 10.5 Å². The maximum absolute atomic E-state index is 13.5. The number of rotatable bonds is 1. The Morgan fingerprint density at radius 1 is 1.47 bits per heavy atom. The van der Waals surface area contributed by atoms with Crippen LogP contribution in [0.15, 0.2) is 12.1 Å². The van der Waals surface area contributed by atoms with Crippen LogP contribution in [-0.2, 0) is 4.74 Å². The monoisotopic (exact) mass is 236 g/mol. The Balaban J connectivity index is 3.14. The van der Waals surface area contributed by atoms with Gasteiger partial charge >= 0.3 is 5.97 Å². The second-order valence-corrected chi connectivity index (χ2v) is 4.50. The summed E-state index contributed by atoms with van der Waals surface area (Å²) >= 11 is 0. The highest BCUT2D eigenvalue weighted by Crippen LogP contribution is 2.22. The summed E-state index contributed by atoms with van der Waals surface area (Å²) in [5.41, 5.74) is 4.13. The van der Waals surface area contributed by atoms with Gasteiger partial charge in [0, 0.05) is 0 Å². The number of nitrogens with two attached hydrogens (primary N) is 1. The van der Waals surface area contributed by atoms with Crippen molar-refractivity contribution in [1.29, 1.82) is 5.26 Å². The third-order valence-corrected chi connectivity index (χ3v) is 1.92. The largest absolute Gasteiger partial charge is 0.456 e. The number of hydrogen-bond donors (Lipinski definition) is 1. The molecule has 0 atom stereocenters. The summed E-state index contributed by atoms with van der Waals surface area (Å²) in [7, 11) is 0. The van der Waals surface area contributed by atoms with Crippen molar-refractivity contribution in [2.75, 3.05) is 5.73 Å². The van der Waals surface area contributed by atoms with Crippen molar-refractivity contribution < 1.29 is 13.9 Å². The van der Waals surface area contributed by atoms with E-state index in [1.54, 1.807) is 26.8 Å². The number of ether oxygens (including phenoxy) is 1. The molecular weight excluding hydrogens is 223 g/mol. The van der Waals surface area contributed by atoms with E-state index in [1.165, 1.54) is 12.1 Å². The van der Waals surface area contributed by atoms with Crippen LogP contribution >= 0.6 is 0 Å². The maximum Gasteiger partial charge on any atom is 0.340 e. The number of nitrogen functional groups attached to an aromatic ring is 1. The predicted molar refractivity (Wildman–Crippen MR) is 60.7 cm³/mol. The minimum atomic E-state index is -0.893. The summed E-state index contributed by atoms with van der Waals surface area (Å²) in [6.07, 6.45) is 0. The van der Waals surface area contributed by atoms with Crippen LogP contribution in [0.2, 0.25) is 0 Å². The lowest BCUT2D eigenvalue weighted by molar-refractivity contribution is 0.00704. The van der Waals surface area contributed by atoms with Gasteiger partial charge in [0.25, 0.3) is 0 Å². The second-order valence-electron chi connectivity index (χ2n) is 4.50. The van der Waals surface area contributed by atoms with Crippen LogP contribution in [-0.4, -0.2) is 11.6 Å². The molecule has 90 valence electrons. The van der Waals surface area contributed by atoms with E-state index in [2.05, 4.69) is 0 Å². The molecule has 17 heavy (non-hydrogen) atoms. The Labute approximate surface area is 98.8 Å². The quantitative estimate of drug-likeness (QED) is 0.599. The molecule has 0 aromatic heterocycles. The number of benzene rings is 1. The van der Waals surface area contributed by atoms with Gasteiger partial charge in [-0.25, -0.2) is 9.18 Å². The highest BCUT2D eigenvalue weighted by molar-refractivity contribution is 5.95. The molecule has 0 heterocycles. The lowest BCUT2D eigenvalue weighted by Gasteiger charge is -2.20. The first kappa shape index (κ1) is 13.0. The van der Waals surface area contributed by atoms with Crippen LogP contribution in [0.4, 0.5) is 10.1 Å². The van der Waals surface area contributed by atoms with E-state index >= 15 is 0 Å².